The zero-order valence-electron chi connectivity index (χ0n) is 9.17. The molecule has 0 aliphatic rings. The molecule has 1 heterocycles. The van der Waals surface area contributed by atoms with Crippen molar-refractivity contribution in [1.29, 1.82) is 0 Å². The van der Waals surface area contributed by atoms with Crippen LogP contribution in [0, 0.1) is 0 Å². The Balaban J connectivity index is 2.56. The number of benzene rings is 1. The maximum atomic E-state index is 4.70. The molecular weight excluding hydrogens is 270 g/mol. The first-order valence-electron chi connectivity index (χ1n) is 5.09. The third-order valence-electron chi connectivity index (χ3n) is 2.81. The molecule has 2 aromatic rings. The van der Waals surface area contributed by atoms with E-state index in [-0.39, 0.29) is 5.41 Å². The average Bonchev–Trinajstić information content (AvgIpc) is 2.61. The maximum Gasteiger partial charge on any atom is 0.0994 e. The summed E-state index contributed by atoms with van der Waals surface area (Å²) in [4.78, 5) is 4.70. The summed E-state index contributed by atoms with van der Waals surface area (Å²) in [5.74, 6) is 0. The van der Waals surface area contributed by atoms with Crippen LogP contribution in [0.15, 0.2) is 22.7 Å². The number of thiazole rings is 1. The van der Waals surface area contributed by atoms with Gasteiger partial charge in [-0.2, -0.15) is 0 Å². The molecule has 1 aromatic heterocycles. The summed E-state index contributed by atoms with van der Waals surface area (Å²) in [6.07, 6.45) is 1.12. The second kappa shape index (κ2) is 3.87. The van der Waals surface area contributed by atoms with Gasteiger partial charge >= 0.3 is 0 Å². The molecule has 3 heteroatoms. The van der Waals surface area contributed by atoms with Crippen LogP contribution in [0.3, 0.4) is 0 Å². The lowest BCUT2D eigenvalue weighted by atomic mass is 9.91. The number of hydrogen-bond donors (Lipinski definition) is 0. The van der Waals surface area contributed by atoms with Crippen molar-refractivity contribution in [1.82, 2.24) is 4.98 Å². The van der Waals surface area contributed by atoms with Crippen LogP contribution in [0.2, 0.25) is 0 Å². The average molecular weight is 284 g/mol. The van der Waals surface area contributed by atoms with Gasteiger partial charge in [0.2, 0.25) is 0 Å². The number of fused-ring (bicyclic) bond motifs is 1. The van der Waals surface area contributed by atoms with Gasteiger partial charge in [-0.25, -0.2) is 4.98 Å². The van der Waals surface area contributed by atoms with Gasteiger partial charge in [-0.1, -0.05) is 36.7 Å². The zero-order valence-corrected chi connectivity index (χ0v) is 11.6. The minimum atomic E-state index is 0.191. The van der Waals surface area contributed by atoms with Gasteiger partial charge in [-0.15, -0.1) is 11.3 Å². The predicted octanol–water partition coefficient (Wildman–Crippen LogP) is 4.75. The Morgan fingerprint density at radius 1 is 1.40 bits per heavy atom. The topological polar surface area (TPSA) is 12.9 Å². The van der Waals surface area contributed by atoms with Crippen LogP contribution in [0.5, 0.6) is 0 Å². The molecule has 0 spiro atoms. The van der Waals surface area contributed by atoms with E-state index in [1.54, 1.807) is 11.3 Å². The standard InChI is InChI=1S/C12H14BrNS/c1-4-12(2,3)11-14-9-7-8(13)5-6-10(9)15-11/h5-7H,4H2,1-3H3. The lowest BCUT2D eigenvalue weighted by Gasteiger charge is -2.18. The van der Waals surface area contributed by atoms with E-state index in [4.69, 9.17) is 4.98 Å². The van der Waals surface area contributed by atoms with Crippen LogP contribution in [0.1, 0.15) is 32.2 Å². The van der Waals surface area contributed by atoms with Gasteiger partial charge < -0.3 is 0 Å². The highest BCUT2D eigenvalue weighted by molar-refractivity contribution is 9.10. The number of aromatic nitrogens is 1. The zero-order chi connectivity index (χ0) is 11.1. The molecule has 0 fully saturated rings. The van der Waals surface area contributed by atoms with Gasteiger partial charge in [0.1, 0.15) is 0 Å². The normalized spacial score (nSPS) is 12.3. The highest BCUT2D eigenvalue weighted by Gasteiger charge is 2.22. The van der Waals surface area contributed by atoms with Gasteiger partial charge in [0.25, 0.3) is 0 Å². The van der Waals surface area contributed by atoms with Crippen LogP contribution in [-0.4, -0.2) is 4.98 Å². The molecule has 0 radical (unpaired) electrons. The van der Waals surface area contributed by atoms with Gasteiger partial charge in [-0.3, -0.25) is 0 Å². The molecule has 0 saturated heterocycles. The molecule has 0 saturated carbocycles. The molecule has 2 rings (SSSR count). The Hall–Kier alpha value is -0.410. The van der Waals surface area contributed by atoms with Crippen molar-refractivity contribution in [3.63, 3.8) is 0 Å². The Morgan fingerprint density at radius 3 is 2.80 bits per heavy atom. The van der Waals surface area contributed by atoms with Crippen LogP contribution < -0.4 is 0 Å². The van der Waals surface area contributed by atoms with Crippen molar-refractivity contribution in [2.75, 3.05) is 0 Å². The molecule has 0 aliphatic heterocycles. The summed E-state index contributed by atoms with van der Waals surface area (Å²) in [7, 11) is 0. The fourth-order valence-corrected chi connectivity index (χ4v) is 2.81. The van der Waals surface area contributed by atoms with Crippen LogP contribution in [-0.2, 0) is 5.41 Å². The van der Waals surface area contributed by atoms with E-state index in [0.29, 0.717) is 0 Å². The van der Waals surface area contributed by atoms with Crippen LogP contribution >= 0.6 is 27.3 Å². The molecule has 1 aromatic carbocycles. The molecule has 80 valence electrons. The smallest absolute Gasteiger partial charge is 0.0994 e. The molecule has 0 atom stereocenters. The van der Waals surface area contributed by atoms with E-state index in [9.17, 15) is 0 Å². The van der Waals surface area contributed by atoms with Crippen molar-refractivity contribution in [3.05, 3.63) is 27.7 Å². The number of hydrogen-bond acceptors (Lipinski definition) is 2. The molecule has 0 unspecified atom stereocenters. The lowest BCUT2D eigenvalue weighted by Crippen LogP contribution is -2.14. The Morgan fingerprint density at radius 2 is 2.13 bits per heavy atom. The summed E-state index contributed by atoms with van der Waals surface area (Å²) in [6, 6.07) is 6.29. The monoisotopic (exact) mass is 283 g/mol. The Labute approximate surface area is 103 Å². The Kier molecular flexibility index (Phi) is 2.86. The summed E-state index contributed by atoms with van der Waals surface area (Å²) in [6.45, 7) is 6.71. The largest absolute Gasteiger partial charge is 0.241 e. The Bertz CT molecular complexity index is 487. The second-order valence-corrected chi connectivity index (χ2v) is 6.31. The van der Waals surface area contributed by atoms with Gasteiger partial charge in [0.05, 0.1) is 15.2 Å². The third-order valence-corrected chi connectivity index (χ3v) is 4.71. The fraction of sp³-hybridized carbons (Fsp3) is 0.417. The van der Waals surface area contributed by atoms with Gasteiger partial charge in [0, 0.05) is 9.89 Å². The van der Waals surface area contributed by atoms with Crippen LogP contribution in [0.25, 0.3) is 10.2 Å². The number of rotatable bonds is 2. The highest BCUT2D eigenvalue weighted by atomic mass is 79.9. The first kappa shape index (κ1) is 11.1. The lowest BCUT2D eigenvalue weighted by molar-refractivity contribution is 0.504. The van der Waals surface area contributed by atoms with Crippen molar-refractivity contribution >= 4 is 37.5 Å². The third kappa shape index (κ3) is 2.08. The number of halogens is 1. The van der Waals surface area contributed by atoms with E-state index >= 15 is 0 Å². The summed E-state index contributed by atoms with van der Waals surface area (Å²) < 4.78 is 2.37. The van der Waals surface area contributed by atoms with E-state index in [2.05, 4.69) is 54.9 Å². The predicted molar refractivity (Wildman–Crippen MR) is 70.6 cm³/mol. The first-order valence-corrected chi connectivity index (χ1v) is 6.70. The minimum absolute atomic E-state index is 0.191. The highest BCUT2D eigenvalue weighted by Crippen LogP contribution is 2.34. The second-order valence-electron chi connectivity index (χ2n) is 4.37. The van der Waals surface area contributed by atoms with E-state index < -0.39 is 0 Å². The fourth-order valence-electron chi connectivity index (χ4n) is 1.34. The summed E-state index contributed by atoms with van der Waals surface area (Å²) >= 11 is 5.28. The minimum Gasteiger partial charge on any atom is -0.241 e. The van der Waals surface area contributed by atoms with Crippen molar-refractivity contribution < 1.29 is 0 Å². The van der Waals surface area contributed by atoms with Crippen molar-refractivity contribution in [2.45, 2.75) is 32.6 Å². The maximum absolute atomic E-state index is 4.70. The van der Waals surface area contributed by atoms with E-state index in [1.165, 1.54) is 9.71 Å². The van der Waals surface area contributed by atoms with Crippen molar-refractivity contribution in [2.24, 2.45) is 0 Å². The molecule has 1 nitrogen and oxygen atoms in total. The van der Waals surface area contributed by atoms with E-state index in [1.807, 2.05) is 0 Å². The molecule has 0 amide bonds. The molecule has 15 heavy (non-hydrogen) atoms. The van der Waals surface area contributed by atoms with E-state index in [0.717, 1.165) is 16.4 Å². The van der Waals surface area contributed by atoms with Gasteiger partial charge in [-0.05, 0) is 24.6 Å². The van der Waals surface area contributed by atoms with Gasteiger partial charge in [0.15, 0.2) is 0 Å². The quantitative estimate of drug-likeness (QED) is 0.775. The molecular formula is C12H14BrNS. The van der Waals surface area contributed by atoms with Crippen LogP contribution in [0.4, 0.5) is 0 Å². The summed E-state index contributed by atoms with van der Waals surface area (Å²) in [5.41, 5.74) is 1.29. The molecule has 0 N–H and O–H groups in total. The number of nitrogens with zero attached hydrogens (tertiary/aromatic N) is 1. The summed E-state index contributed by atoms with van der Waals surface area (Å²) in [5, 5.41) is 1.23. The molecule has 0 bridgehead atoms. The first-order chi connectivity index (χ1) is 7.03. The van der Waals surface area contributed by atoms with Crippen molar-refractivity contribution in [3.8, 4) is 0 Å². The molecule has 0 aliphatic carbocycles. The SMILES string of the molecule is CCC(C)(C)c1nc2cc(Br)ccc2s1.